The van der Waals surface area contributed by atoms with E-state index in [4.69, 9.17) is 4.84 Å². The number of rotatable bonds is 1. The van der Waals surface area contributed by atoms with Crippen molar-refractivity contribution >= 4 is 28.8 Å². The van der Waals surface area contributed by atoms with Crippen molar-refractivity contribution in [1.82, 2.24) is 0 Å². The predicted octanol–water partition coefficient (Wildman–Crippen LogP) is 4.83. The normalized spacial score (nSPS) is 18.6. The van der Waals surface area contributed by atoms with E-state index in [-0.39, 0.29) is 16.6 Å². The number of Topliss-reactive ketones (excluding diaryl/α,β-unsaturated/α-hetero) is 1. The Bertz CT molecular complexity index is 862. The van der Waals surface area contributed by atoms with E-state index in [1.165, 1.54) is 11.3 Å². The summed E-state index contributed by atoms with van der Waals surface area (Å²) in [4.78, 5) is 31.4. The Morgan fingerprint density at radius 3 is 2.00 bits per heavy atom. The number of oxime groups is 1. The highest BCUT2D eigenvalue weighted by molar-refractivity contribution is 7.12. The molecule has 0 spiro atoms. The summed E-state index contributed by atoms with van der Waals surface area (Å²) in [6.07, 6.45) is 3.64. The van der Waals surface area contributed by atoms with E-state index in [2.05, 4.69) is 5.16 Å². The van der Waals surface area contributed by atoms with E-state index in [1.807, 2.05) is 71.2 Å². The number of thiophene rings is 1. The first-order chi connectivity index (χ1) is 12.0. The van der Waals surface area contributed by atoms with Crippen LogP contribution in [0, 0.1) is 10.8 Å². The molecule has 0 radical (unpaired) electrons. The van der Waals surface area contributed by atoms with Gasteiger partial charge in [-0.05, 0) is 40.0 Å². The fraction of sp³-hybridized carbons (Fsp3) is 0.381. The molecule has 1 aromatic rings. The molecule has 0 unspecified atom stereocenters. The molecule has 0 atom stereocenters. The van der Waals surface area contributed by atoms with Gasteiger partial charge >= 0.3 is 5.97 Å². The lowest BCUT2D eigenvalue weighted by molar-refractivity contribution is -0.136. The number of nitrogens with zero attached hydrogens (tertiary/aromatic N) is 1. The third-order valence-corrected chi connectivity index (χ3v) is 5.29. The van der Waals surface area contributed by atoms with Crippen LogP contribution in [-0.4, -0.2) is 17.5 Å². The summed E-state index contributed by atoms with van der Waals surface area (Å²) in [6, 6.07) is 3.81. The molecule has 0 fully saturated rings. The number of ketones is 1. The average Bonchev–Trinajstić information content (AvgIpc) is 3.14. The molecule has 0 bridgehead atoms. The lowest BCUT2D eigenvalue weighted by Crippen LogP contribution is -2.28. The lowest BCUT2D eigenvalue weighted by atomic mass is 9.71. The SMILES string of the molecule is CC(C)(C)C1=CC(=C2C(=O)ON=C2c2cccs2)C=C(C(C)(C)C)C1=O. The Hall–Kier alpha value is -2.27. The van der Waals surface area contributed by atoms with Crippen LogP contribution in [0.1, 0.15) is 46.4 Å². The zero-order valence-corrected chi connectivity index (χ0v) is 16.8. The summed E-state index contributed by atoms with van der Waals surface area (Å²) >= 11 is 1.50. The van der Waals surface area contributed by atoms with Gasteiger partial charge in [0.15, 0.2) is 5.78 Å². The minimum absolute atomic E-state index is 0.0373. The summed E-state index contributed by atoms with van der Waals surface area (Å²) in [5.74, 6) is -0.443. The monoisotopic (exact) mass is 369 g/mol. The third-order valence-electron chi connectivity index (χ3n) is 4.41. The maximum absolute atomic E-state index is 13.1. The highest BCUT2D eigenvalue weighted by atomic mass is 32.1. The standard InChI is InChI=1S/C21H23NO3S/c1-20(2,3)13-10-12(11-14(18(13)23)21(4,5)6)16-17(22-25-19(16)24)15-8-7-9-26-15/h7-11H,1-6H3. The molecule has 5 heteroatoms. The van der Waals surface area contributed by atoms with E-state index in [9.17, 15) is 9.59 Å². The zero-order valence-electron chi connectivity index (χ0n) is 16.0. The largest absolute Gasteiger partial charge is 0.368 e. The van der Waals surface area contributed by atoms with Crippen LogP contribution in [0.4, 0.5) is 0 Å². The molecule has 1 aliphatic carbocycles. The van der Waals surface area contributed by atoms with Gasteiger partial charge in [0.25, 0.3) is 0 Å². The number of carbonyl (C=O) groups excluding carboxylic acids is 2. The number of hydrogen-bond donors (Lipinski definition) is 0. The van der Waals surface area contributed by atoms with Gasteiger partial charge < -0.3 is 4.84 Å². The first kappa shape index (κ1) is 18.5. The number of carbonyl (C=O) groups is 2. The predicted molar refractivity (Wildman–Crippen MR) is 104 cm³/mol. The van der Waals surface area contributed by atoms with E-state index in [0.717, 1.165) is 4.88 Å². The van der Waals surface area contributed by atoms with Gasteiger partial charge in [0.05, 0.1) is 10.5 Å². The molecule has 26 heavy (non-hydrogen) atoms. The maximum Gasteiger partial charge on any atom is 0.368 e. The van der Waals surface area contributed by atoms with Crippen LogP contribution in [0.15, 0.2) is 57.1 Å². The molecule has 0 aromatic carbocycles. The van der Waals surface area contributed by atoms with E-state index in [1.54, 1.807) is 0 Å². The van der Waals surface area contributed by atoms with E-state index in [0.29, 0.717) is 28.0 Å². The molecule has 136 valence electrons. The smallest absolute Gasteiger partial charge is 0.312 e. The van der Waals surface area contributed by atoms with Gasteiger partial charge in [0.1, 0.15) is 5.71 Å². The van der Waals surface area contributed by atoms with Gasteiger partial charge in [-0.3, -0.25) is 4.79 Å². The van der Waals surface area contributed by atoms with Crippen molar-refractivity contribution in [3.63, 3.8) is 0 Å². The van der Waals surface area contributed by atoms with Crippen molar-refractivity contribution in [2.45, 2.75) is 41.5 Å². The molecule has 0 saturated heterocycles. The lowest BCUT2D eigenvalue weighted by Gasteiger charge is -2.31. The quantitative estimate of drug-likeness (QED) is 0.526. The summed E-state index contributed by atoms with van der Waals surface area (Å²) in [7, 11) is 0. The van der Waals surface area contributed by atoms with E-state index < -0.39 is 5.97 Å². The van der Waals surface area contributed by atoms with Crippen molar-refractivity contribution in [3.8, 4) is 0 Å². The third kappa shape index (κ3) is 3.23. The molecule has 2 heterocycles. The fourth-order valence-corrected chi connectivity index (χ4v) is 3.71. The van der Waals surface area contributed by atoms with Crippen LogP contribution in [0.3, 0.4) is 0 Å². The second-order valence-corrected chi connectivity index (χ2v) is 9.52. The van der Waals surface area contributed by atoms with Gasteiger partial charge in [-0.25, -0.2) is 4.79 Å². The van der Waals surface area contributed by atoms with Crippen molar-refractivity contribution in [3.05, 3.63) is 56.8 Å². The molecular formula is C21H23NO3S. The van der Waals surface area contributed by atoms with Crippen LogP contribution in [-0.2, 0) is 14.4 Å². The second-order valence-electron chi connectivity index (χ2n) is 8.57. The molecule has 2 aliphatic rings. The van der Waals surface area contributed by atoms with Crippen molar-refractivity contribution < 1.29 is 14.4 Å². The Labute approximate surface area is 157 Å². The molecular weight excluding hydrogens is 346 g/mol. The minimum Gasteiger partial charge on any atom is -0.312 e. The second kappa shape index (κ2) is 6.16. The van der Waals surface area contributed by atoms with Gasteiger partial charge in [-0.1, -0.05) is 52.8 Å². The average molecular weight is 369 g/mol. The molecule has 0 saturated carbocycles. The van der Waals surface area contributed by atoms with Gasteiger partial charge in [0, 0.05) is 11.1 Å². The number of allylic oxidation sites excluding steroid dienone is 5. The van der Waals surface area contributed by atoms with Crippen LogP contribution in [0.25, 0.3) is 0 Å². The molecule has 0 N–H and O–H groups in total. The molecule has 3 rings (SSSR count). The van der Waals surface area contributed by atoms with Crippen LogP contribution < -0.4 is 0 Å². The first-order valence-corrected chi connectivity index (χ1v) is 9.45. The summed E-state index contributed by atoms with van der Waals surface area (Å²) in [6.45, 7) is 12.0. The molecule has 1 aliphatic heterocycles. The van der Waals surface area contributed by atoms with Crippen molar-refractivity contribution in [1.29, 1.82) is 0 Å². The Kier molecular flexibility index (Phi) is 4.39. The summed E-state index contributed by atoms with van der Waals surface area (Å²) < 4.78 is 0. The topological polar surface area (TPSA) is 55.7 Å². The first-order valence-electron chi connectivity index (χ1n) is 8.57. The van der Waals surface area contributed by atoms with Gasteiger partial charge in [-0.2, -0.15) is 0 Å². The molecule has 1 aromatic heterocycles. The number of hydrogen-bond acceptors (Lipinski definition) is 5. The Balaban J connectivity index is 2.26. The summed E-state index contributed by atoms with van der Waals surface area (Å²) in [5, 5.41) is 5.92. The van der Waals surface area contributed by atoms with Crippen molar-refractivity contribution in [2.75, 3.05) is 0 Å². The zero-order chi connectivity index (χ0) is 19.3. The Morgan fingerprint density at radius 1 is 0.962 bits per heavy atom. The highest BCUT2D eigenvalue weighted by Gasteiger charge is 2.37. The van der Waals surface area contributed by atoms with Crippen LogP contribution >= 0.6 is 11.3 Å². The highest BCUT2D eigenvalue weighted by Crippen LogP contribution is 2.40. The van der Waals surface area contributed by atoms with Gasteiger partial charge in [-0.15, -0.1) is 11.3 Å². The van der Waals surface area contributed by atoms with Crippen molar-refractivity contribution in [2.24, 2.45) is 16.0 Å². The Morgan fingerprint density at radius 2 is 1.54 bits per heavy atom. The molecule has 4 nitrogen and oxygen atoms in total. The maximum atomic E-state index is 13.1. The summed E-state index contributed by atoms with van der Waals surface area (Å²) in [5.41, 5.74) is 2.35. The van der Waals surface area contributed by atoms with Crippen LogP contribution in [0.5, 0.6) is 0 Å². The fourth-order valence-electron chi connectivity index (χ4n) is 3.00. The van der Waals surface area contributed by atoms with Crippen LogP contribution in [0.2, 0.25) is 0 Å². The minimum atomic E-state index is -0.480. The van der Waals surface area contributed by atoms with Gasteiger partial charge in [0.2, 0.25) is 0 Å². The molecule has 0 amide bonds. The van der Waals surface area contributed by atoms with E-state index >= 15 is 0 Å².